The van der Waals surface area contributed by atoms with Crippen LogP contribution in [0.15, 0.2) is 102 Å². The van der Waals surface area contributed by atoms with E-state index in [1.165, 1.54) is 26.0 Å². The van der Waals surface area contributed by atoms with E-state index in [0.717, 1.165) is 13.8 Å². The molecule has 368 valence electrons. The Labute approximate surface area is 395 Å². The lowest BCUT2D eigenvalue weighted by Crippen LogP contribution is -2.82. The molecular weight excluding hydrogens is 883 g/mol. The van der Waals surface area contributed by atoms with E-state index in [1.54, 1.807) is 107 Å². The number of aliphatic hydroxyl groups excluding tert-OH is 4. The van der Waals surface area contributed by atoms with E-state index in [1.807, 2.05) is 0 Å². The second kappa shape index (κ2) is 21.6. The Kier molecular flexibility index (Phi) is 16.9. The number of ketones is 1. The monoisotopic (exact) mass is 945 g/mol. The summed E-state index contributed by atoms with van der Waals surface area (Å²) < 4.78 is 30.3. The van der Waals surface area contributed by atoms with Gasteiger partial charge in [0.05, 0.1) is 35.6 Å². The Morgan fingerprint density at radius 1 is 0.809 bits per heavy atom. The van der Waals surface area contributed by atoms with E-state index in [4.69, 9.17) is 33.9 Å². The van der Waals surface area contributed by atoms with Crippen molar-refractivity contribution in [3.63, 3.8) is 0 Å². The van der Waals surface area contributed by atoms with Gasteiger partial charge in [-0.1, -0.05) is 80.6 Å². The van der Waals surface area contributed by atoms with Crippen LogP contribution in [-0.2, 0) is 42.9 Å². The van der Waals surface area contributed by atoms with Crippen LogP contribution < -0.4 is 5.32 Å². The van der Waals surface area contributed by atoms with Gasteiger partial charge in [-0.05, 0) is 68.7 Å². The topological polar surface area (TPSA) is 262 Å². The molecular formula is C51H63NO16. The minimum absolute atomic E-state index is 0.00289. The van der Waals surface area contributed by atoms with Gasteiger partial charge in [0.15, 0.2) is 23.6 Å². The number of amides is 1. The molecule has 3 aromatic rings. The number of Topliss-reactive ketones (excluding diaryl/α,β-unsaturated/α-hetero) is 1. The van der Waals surface area contributed by atoms with Crippen LogP contribution in [0.2, 0.25) is 0 Å². The number of esters is 4. The van der Waals surface area contributed by atoms with Crippen LogP contribution >= 0.6 is 0 Å². The lowest BCUT2D eigenvalue weighted by atomic mass is 9.44. The Hall–Kier alpha value is -5.82. The average molecular weight is 946 g/mol. The van der Waals surface area contributed by atoms with Crippen molar-refractivity contribution < 1.29 is 78.0 Å². The molecule has 6 N–H and O–H groups in total. The van der Waals surface area contributed by atoms with Gasteiger partial charge in [-0.25, -0.2) is 9.59 Å². The summed E-state index contributed by atoms with van der Waals surface area (Å²) in [6.45, 7) is 11.8. The van der Waals surface area contributed by atoms with E-state index >= 15 is 4.79 Å². The van der Waals surface area contributed by atoms with E-state index in [2.05, 4.69) is 5.32 Å². The Morgan fingerprint density at radius 3 is 1.84 bits per heavy atom. The molecule has 2 saturated carbocycles. The molecule has 4 aliphatic rings. The van der Waals surface area contributed by atoms with Gasteiger partial charge in [-0.2, -0.15) is 0 Å². The number of carbonyl (C=O) groups excluding carboxylic acids is 6. The van der Waals surface area contributed by atoms with Crippen LogP contribution in [0, 0.1) is 16.7 Å². The van der Waals surface area contributed by atoms with E-state index in [-0.39, 0.29) is 48.5 Å². The van der Waals surface area contributed by atoms with Gasteiger partial charge in [0.2, 0.25) is 0 Å². The van der Waals surface area contributed by atoms with E-state index in [9.17, 15) is 39.3 Å². The Morgan fingerprint density at radius 2 is 1.34 bits per heavy atom. The summed E-state index contributed by atoms with van der Waals surface area (Å²) in [6, 6.07) is 22.9. The van der Waals surface area contributed by atoms with E-state index in [0.29, 0.717) is 5.56 Å². The first-order chi connectivity index (χ1) is 32.1. The molecule has 7 rings (SSSR count). The minimum Gasteiger partial charge on any atom is -0.456 e. The molecule has 17 nitrogen and oxygen atoms in total. The summed E-state index contributed by atoms with van der Waals surface area (Å²) in [4.78, 5) is 83.5. The van der Waals surface area contributed by atoms with Crippen LogP contribution in [0.3, 0.4) is 0 Å². The molecule has 1 aliphatic heterocycles. The molecule has 3 aromatic carbocycles. The average Bonchev–Trinajstić information content (AvgIpc) is 3.30. The van der Waals surface area contributed by atoms with Crippen molar-refractivity contribution >= 4 is 35.6 Å². The van der Waals surface area contributed by atoms with Crippen molar-refractivity contribution in [1.82, 2.24) is 5.32 Å². The SMILES string of the molecule is CC(=O)O[C@H]1C(=O)[C@@]2(C)[C@H]([C@H](OC(=O)c3ccccc3)[C@]3(O)C[C@H](OC(=O)[C@H](O)[C@@H](NC(=O)c4ccccc4)c4ccccc4)C(C)=C1C3(C)C)[C@]1(OC(C)=O)CO[C@@H]1C[C@@H]2O.CCO.CCO. The molecule has 1 saturated heterocycles. The second-order valence-corrected chi connectivity index (χ2v) is 18.0. The molecule has 0 aromatic heterocycles. The lowest BCUT2D eigenvalue weighted by molar-refractivity contribution is -0.346. The van der Waals surface area contributed by atoms with Crippen molar-refractivity contribution in [2.75, 3.05) is 19.8 Å². The quantitative estimate of drug-likeness (QED) is 0.0961. The minimum atomic E-state index is -2.39. The smallest absolute Gasteiger partial charge is 0.338 e. The number of ether oxygens (including phenoxy) is 5. The number of nitrogens with one attached hydrogen (secondary N) is 1. The third kappa shape index (κ3) is 10.00. The number of hydrogen-bond donors (Lipinski definition) is 6. The van der Waals surface area contributed by atoms with Crippen LogP contribution in [0.25, 0.3) is 0 Å². The van der Waals surface area contributed by atoms with Gasteiger partial charge >= 0.3 is 23.9 Å². The van der Waals surface area contributed by atoms with Crippen molar-refractivity contribution in [2.24, 2.45) is 16.7 Å². The fourth-order valence-electron chi connectivity index (χ4n) is 10.2. The predicted molar refractivity (Wildman–Crippen MR) is 243 cm³/mol. The van der Waals surface area contributed by atoms with Gasteiger partial charge in [0, 0.05) is 50.9 Å². The van der Waals surface area contributed by atoms with Crippen molar-refractivity contribution in [3.05, 3.63) is 119 Å². The first kappa shape index (κ1) is 53.1. The molecule has 11 atom stereocenters. The molecule has 17 heteroatoms. The van der Waals surface area contributed by atoms with Crippen LogP contribution in [0.1, 0.15) is 101 Å². The first-order valence-electron chi connectivity index (χ1n) is 22.5. The third-order valence-corrected chi connectivity index (χ3v) is 13.5. The van der Waals surface area contributed by atoms with Crippen molar-refractivity contribution in [2.45, 2.75) is 122 Å². The number of rotatable bonds is 10. The largest absolute Gasteiger partial charge is 0.456 e. The normalized spacial score (nSPS) is 29.6. The summed E-state index contributed by atoms with van der Waals surface area (Å²) >= 11 is 0. The summed E-state index contributed by atoms with van der Waals surface area (Å²) in [6.07, 6.45) is -10.5. The number of aliphatic hydroxyl groups is 5. The zero-order valence-corrected chi connectivity index (χ0v) is 39.5. The highest BCUT2D eigenvalue weighted by Crippen LogP contribution is 2.64. The standard InChI is InChI=1S/C47H51NO14.2C2H6O/c1-25-31(60-43(56)36(52)35(28-16-10-7-11-17-28)48-41(54)29-18-12-8-13-19-29)23-47(57)40(61-42(55)30-20-14-9-15-21-30)38-45(6,32(51)22-33-46(38,24-58-33)62-27(3)50)39(53)37(59-26(2)49)34(25)44(47,4)5;2*1-2-3/h7-21,31-33,35-38,40,51-52,57H,22-24H2,1-6H3,(H,48,54);2*3H,2H2,1H3/t31-,32-,33+,35-,36+,37+,38-,40-,45+,46-,47+;;/m0../s1. The van der Waals surface area contributed by atoms with E-state index < -0.39 is 113 Å². The molecule has 3 fully saturated rings. The number of fused-ring (bicyclic) bond motifs is 5. The maximum atomic E-state index is 15.5. The highest BCUT2D eigenvalue weighted by atomic mass is 16.6. The summed E-state index contributed by atoms with van der Waals surface area (Å²) in [5.41, 5.74) is -7.02. The fraction of sp³-hybridized carbons (Fsp3) is 0.490. The van der Waals surface area contributed by atoms with Gasteiger partial charge in [-0.3, -0.25) is 19.2 Å². The maximum Gasteiger partial charge on any atom is 0.338 e. The van der Waals surface area contributed by atoms with Gasteiger partial charge in [-0.15, -0.1) is 0 Å². The second-order valence-electron chi connectivity index (χ2n) is 18.0. The summed E-state index contributed by atoms with van der Waals surface area (Å²) in [5, 5.41) is 55.4. The molecule has 0 unspecified atom stereocenters. The van der Waals surface area contributed by atoms with Gasteiger partial charge in [0.25, 0.3) is 5.91 Å². The summed E-state index contributed by atoms with van der Waals surface area (Å²) in [5.74, 6) is -6.84. The molecule has 3 aliphatic carbocycles. The molecule has 2 bridgehead atoms. The van der Waals surface area contributed by atoms with Gasteiger partial charge < -0.3 is 54.5 Å². The zero-order valence-electron chi connectivity index (χ0n) is 39.5. The van der Waals surface area contributed by atoms with Crippen LogP contribution in [0.4, 0.5) is 0 Å². The Bertz CT molecular complexity index is 2320. The third-order valence-electron chi connectivity index (χ3n) is 13.5. The molecule has 0 spiro atoms. The first-order valence-corrected chi connectivity index (χ1v) is 22.5. The highest BCUT2D eigenvalue weighted by Gasteiger charge is 2.78. The lowest BCUT2D eigenvalue weighted by Gasteiger charge is -2.67. The Balaban J connectivity index is 0.00000137. The molecule has 1 heterocycles. The number of hydrogen-bond acceptors (Lipinski definition) is 16. The van der Waals surface area contributed by atoms with Crippen molar-refractivity contribution in [3.8, 4) is 0 Å². The number of benzene rings is 3. The zero-order chi connectivity index (χ0) is 50.4. The molecule has 0 radical (unpaired) electrons. The van der Waals surface area contributed by atoms with Gasteiger partial charge in [0.1, 0.15) is 23.9 Å². The number of carbonyl (C=O) groups is 6. The molecule has 68 heavy (non-hydrogen) atoms. The van der Waals surface area contributed by atoms with Crippen LogP contribution in [-0.4, -0.2) is 129 Å². The highest BCUT2D eigenvalue weighted by molar-refractivity contribution is 5.96. The fourth-order valence-corrected chi connectivity index (χ4v) is 10.2. The summed E-state index contributed by atoms with van der Waals surface area (Å²) in [7, 11) is 0. The van der Waals surface area contributed by atoms with Crippen molar-refractivity contribution in [1.29, 1.82) is 0 Å². The maximum absolute atomic E-state index is 15.5. The van der Waals surface area contributed by atoms with Crippen LogP contribution in [0.5, 0.6) is 0 Å². The predicted octanol–water partition coefficient (Wildman–Crippen LogP) is 3.73. The molecule has 1 amide bonds.